The average Bonchev–Trinajstić information content (AvgIpc) is 2.35. The highest BCUT2D eigenvalue weighted by atomic mass is 19.1. The molecule has 1 aromatic rings. The van der Waals surface area contributed by atoms with Gasteiger partial charge in [-0.25, -0.2) is 8.78 Å². The van der Waals surface area contributed by atoms with Crippen molar-refractivity contribution in [3.05, 3.63) is 33.5 Å². The Morgan fingerprint density at radius 3 is 2.59 bits per heavy atom. The molecule has 0 amide bonds. The fourth-order valence-electron chi connectivity index (χ4n) is 2.48. The summed E-state index contributed by atoms with van der Waals surface area (Å²) in [5.41, 5.74) is -1.08. The lowest BCUT2D eigenvalue weighted by atomic mass is 9.86. The molecule has 0 atom stereocenters. The predicted molar refractivity (Wildman–Crippen MR) is 58.5 cm³/mol. The van der Waals surface area contributed by atoms with Gasteiger partial charge in [0.1, 0.15) is 12.4 Å². The number of halogens is 2. The van der Waals surface area contributed by atoms with Gasteiger partial charge >= 0.3 is 0 Å². The van der Waals surface area contributed by atoms with Gasteiger partial charge in [0.15, 0.2) is 5.82 Å². The summed E-state index contributed by atoms with van der Waals surface area (Å²) in [4.78, 5) is 11.4. The molecule has 1 aliphatic rings. The first kappa shape index (κ1) is 12.1. The van der Waals surface area contributed by atoms with Gasteiger partial charge in [-0.3, -0.25) is 4.79 Å². The maximum absolute atomic E-state index is 13.9. The fraction of sp³-hybridized carbons (Fsp3) is 0.583. The largest absolute Gasteiger partial charge is 0.425 e. The molecule has 0 aliphatic heterocycles. The Hall–Kier alpha value is -1.39. The SMILES string of the molecule is O=c1cc(CF)c(F)c(C2CCCCC2)n1O. The maximum Gasteiger partial charge on any atom is 0.283 e. The molecule has 1 N–H and O–H groups in total. The van der Waals surface area contributed by atoms with E-state index in [1.807, 2.05) is 0 Å². The van der Waals surface area contributed by atoms with Gasteiger partial charge in [-0.2, -0.15) is 0 Å². The lowest BCUT2D eigenvalue weighted by Gasteiger charge is -2.23. The molecule has 0 bridgehead atoms. The molecule has 0 radical (unpaired) electrons. The molecule has 1 saturated carbocycles. The van der Waals surface area contributed by atoms with E-state index in [1.165, 1.54) is 0 Å². The van der Waals surface area contributed by atoms with Crippen LogP contribution in [0.2, 0.25) is 0 Å². The third kappa shape index (κ3) is 2.18. The molecule has 1 fully saturated rings. The third-order valence-corrected chi connectivity index (χ3v) is 3.38. The Bertz CT molecular complexity index is 464. The first-order chi connectivity index (χ1) is 8.15. The molecule has 17 heavy (non-hydrogen) atoms. The van der Waals surface area contributed by atoms with Crippen molar-refractivity contribution in [1.29, 1.82) is 0 Å². The predicted octanol–water partition coefficient (Wildman–Crippen LogP) is 2.74. The molecule has 1 heterocycles. The fourth-order valence-corrected chi connectivity index (χ4v) is 2.48. The average molecular weight is 243 g/mol. The van der Waals surface area contributed by atoms with Gasteiger partial charge in [-0.15, -0.1) is 4.73 Å². The molecular weight excluding hydrogens is 228 g/mol. The summed E-state index contributed by atoms with van der Waals surface area (Å²) >= 11 is 0. The zero-order valence-electron chi connectivity index (χ0n) is 9.46. The Morgan fingerprint density at radius 1 is 1.35 bits per heavy atom. The smallest absolute Gasteiger partial charge is 0.283 e. The van der Waals surface area contributed by atoms with Crippen LogP contribution in [-0.4, -0.2) is 9.94 Å². The molecule has 0 unspecified atom stereocenters. The minimum absolute atomic E-state index is 0.0511. The van der Waals surface area contributed by atoms with Crippen LogP contribution in [0.4, 0.5) is 8.78 Å². The Morgan fingerprint density at radius 2 is 2.00 bits per heavy atom. The van der Waals surface area contributed by atoms with Crippen LogP contribution in [-0.2, 0) is 6.67 Å². The van der Waals surface area contributed by atoms with Gasteiger partial charge in [0.05, 0.1) is 0 Å². The summed E-state index contributed by atoms with van der Waals surface area (Å²) in [7, 11) is 0. The van der Waals surface area contributed by atoms with Crippen molar-refractivity contribution in [2.75, 3.05) is 0 Å². The minimum atomic E-state index is -1.03. The van der Waals surface area contributed by atoms with Crippen LogP contribution in [0.5, 0.6) is 0 Å². The van der Waals surface area contributed by atoms with Crippen LogP contribution in [0.15, 0.2) is 10.9 Å². The highest BCUT2D eigenvalue weighted by Crippen LogP contribution is 2.33. The van der Waals surface area contributed by atoms with Crippen molar-refractivity contribution >= 4 is 0 Å². The van der Waals surface area contributed by atoms with E-state index >= 15 is 0 Å². The lowest BCUT2D eigenvalue weighted by Crippen LogP contribution is -2.26. The quantitative estimate of drug-likeness (QED) is 0.811. The molecule has 94 valence electrons. The van der Waals surface area contributed by atoms with Crippen LogP contribution < -0.4 is 5.56 Å². The van der Waals surface area contributed by atoms with E-state index in [0.29, 0.717) is 4.73 Å². The third-order valence-electron chi connectivity index (χ3n) is 3.38. The topological polar surface area (TPSA) is 42.2 Å². The number of pyridine rings is 1. The minimum Gasteiger partial charge on any atom is -0.425 e. The standard InChI is InChI=1S/C12H15F2NO2/c13-7-9-6-10(16)15(17)12(11(9)14)8-4-2-1-3-5-8/h6,8,17H,1-5,7H2. The highest BCUT2D eigenvalue weighted by Gasteiger charge is 2.25. The number of nitrogens with zero attached hydrogens (tertiary/aromatic N) is 1. The molecule has 1 aromatic heterocycles. The van der Waals surface area contributed by atoms with E-state index in [4.69, 9.17) is 0 Å². The van der Waals surface area contributed by atoms with Gasteiger partial charge < -0.3 is 5.21 Å². The first-order valence-electron chi connectivity index (χ1n) is 5.84. The van der Waals surface area contributed by atoms with E-state index in [9.17, 15) is 18.8 Å². The van der Waals surface area contributed by atoms with Crippen LogP contribution in [0.3, 0.4) is 0 Å². The Labute approximate surface area is 97.7 Å². The zero-order chi connectivity index (χ0) is 12.4. The normalized spacial score (nSPS) is 17.3. The maximum atomic E-state index is 13.9. The summed E-state index contributed by atoms with van der Waals surface area (Å²) in [6, 6.07) is 0.807. The van der Waals surface area contributed by atoms with Crippen LogP contribution >= 0.6 is 0 Å². The molecule has 3 nitrogen and oxygen atoms in total. The Kier molecular flexibility index (Phi) is 3.45. The monoisotopic (exact) mass is 243 g/mol. The molecule has 0 aromatic carbocycles. The zero-order valence-corrected chi connectivity index (χ0v) is 9.46. The van der Waals surface area contributed by atoms with Crippen molar-refractivity contribution in [3.8, 4) is 0 Å². The molecule has 1 aliphatic carbocycles. The Balaban J connectivity index is 2.50. The number of aromatic nitrogens is 1. The van der Waals surface area contributed by atoms with Gasteiger partial charge in [0.25, 0.3) is 5.56 Å². The second-order valence-corrected chi connectivity index (χ2v) is 4.49. The molecular formula is C12H15F2NO2. The number of hydrogen-bond donors (Lipinski definition) is 1. The number of rotatable bonds is 2. The molecule has 5 heteroatoms. The molecule has 2 rings (SSSR count). The van der Waals surface area contributed by atoms with Gasteiger partial charge in [0.2, 0.25) is 0 Å². The number of alkyl halides is 1. The van der Waals surface area contributed by atoms with Crippen molar-refractivity contribution in [1.82, 2.24) is 4.73 Å². The van der Waals surface area contributed by atoms with E-state index in [0.717, 1.165) is 38.2 Å². The molecule has 0 spiro atoms. The summed E-state index contributed by atoms with van der Waals surface area (Å²) in [5, 5.41) is 9.59. The lowest BCUT2D eigenvalue weighted by molar-refractivity contribution is 0.150. The van der Waals surface area contributed by atoms with Gasteiger partial charge in [-0.1, -0.05) is 19.3 Å². The number of hydrogen-bond acceptors (Lipinski definition) is 2. The van der Waals surface area contributed by atoms with Crippen molar-refractivity contribution in [2.24, 2.45) is 0 Å². The highest BCUT2D eigenvalue weighted by molar-refractivity contribution is 5.22. The molecule has 0 saturated heterocycles. The van der Waals surface area contributed by atoms with Crippen molar-refractivity contribution < 1.29 is 14.0 Å². The van der Waals surface area contributed by atoms with Crippen LogP contribution in [0, 0.1) is 5.82 Å². The van der Waals surface area contributed by atoms with E-state index in [-0.39, 0.29) is 17.2 Å². The van der Waals surface area contributed by atoms with Gasteiger partial charge in [0, 0.05) is 17.5 Å². The van der Waals surface area contributed by atoms with Crippen molar-refractivity contribution in [3.63, 3.8) is 0 Å². The summed E-state index contributed by atoms with van der Waals surface area (Å²) in [5.74, 6) is -0.963. The second kappa shape index (κ2) is 4.85. The summed E-state index contributed by atoms with van der Waals surface area (Å²) < 4.78 is 26.9. The van der Waals surface area contributed by atoms with E-state index in [2.05, 4.69) is 0 Å². The van der Waals surface area contributed by atoms with E-state index < -0.39 is 18.1 Å². The summed E-state index contributed by atoms with van der Waals surface area (Å²) in [6.45, 7) is -1.03. The van der Waals surface area contributed by atoms with Crippen LogP contribution in [0.1, 0.15) is 49.3 Å². The van der Waals surface area contributed by atoms with Gasteiger partial charge in [-0.05, 0) is 12.8 Å². The van der Waals surface area contributed by atoms with Crippen LogP contribution in [0.25, 0.3) is 0 Å². The second-order valence-electron chi connectivity index (χ2n) is 4.49. The summed E-state index contributed by atoms with van der Waals surface area (Å²) in [6.07, 6.45) is 4.42. The van der Waals surface area contributed by atoms with Crippen molar-refractivity contribution in [2.45, 2.75) is 44.7 Å². The van der Waals surface area contributed by atoms with E-state index in [1.54, 1.807) is 0 Å². The first-order valence-corrected chi connectivity index (χ1v) is 5.84.